The molecular weight excluding hydrogens is 344 g/mol. The maximum Gasteiger partial charge on any atom is 0.166 e. The summed E-state index contributed by atoms with van der Waals surface area (Å²) in [5, 5.41) is 4.96. The van der Waals surface area contributed by atoms with Gasteiger partial charge in [-0.25, -0.2) is 0 Å². The predicted molar refractivity (Wildman–Crippen MR) is 120 cm³/mol. The van der Waals surface area contributed by atoms with Crippen LogP contribution in [0.1, 0.15) is 50.7 Å². The van der Waals surface area contributed by atoms with Crippen LogP contribution in [-0.4, -0.2) is 17.1 Å². The molecule has 0 amide bonds. The fourth-order valence-corrected chi connectivity index (χ4v) is 4.31. The first-order chi connectivity index (χ1) is 13.5. The van der Waals surface area contributed by atoms with Gasteiger partial charge in [0, 0.05) is 32.6 Å². The number of nitrogens with one attached hydrogen (secondary N) is 2. The van der Waals surface area contributed by atoms with E-state index >= 15 is 0 Å². The monoisotopic (exact) mass is 370 g/mol. The van der Waals surface area contributed by atoms with Crippen LogP contribution in [0.4, 0.5) is 0 Å². The first-order valence-electron chi connectivity index (χ1n) is 10.1. The summed E-state index contributed by atoms with van der Waals surface area (Å²) in [5.74, 6) is 1.89. The van der Waals surface area contributed by atoms with Crippen molar-refractivity contribution < 1.29 is 4.74 Å². The number of methoxy groups -OCH3 is 1. The Hall–Kier alpha value is -2.94. The summed E-state index contributed by atoms with van der Waals surface area (Å²) in [5.41, 5.74) is 7.13. The Kier molecular flexibility index (Phi) is 3.70. The number of H-pyrrole nitrogens is 2. The third-order valence-electron chi connectivity index (χ3n) is 6.01. The van der Waals surface area contributed by atoms with E-state index in [0.29, 0.717) is 11.8 Å². The van der Waals surface area contributed by atoms with Gasteiger partial charge >= 0.3 is 0 Å². The zero-order valence-corrected chi connectivity index (χ0v) is 17.1. The van der Waals surface area contributed by atoms with Gasteiger partial charge in [0.15, 0.2) is 5.75 Å². The number of benzene rings is 3. The summed E-state index contributed by atoms with van der Waals surface area (Å²) in [4.78, 5) is 7.17. The summed E-state index contributed by atoms with van der Waals surface area (Å²) in [6, 6.07) is 15.8. The molecule has 0 saturated carbocycles. The van der Waals surface area contributed by atoms with Gasteiger partial charge in [0.25, 0.3) is 0 Å². The van der Waals surface area contributed by atoms with Crippen molar-refractivity contribution in [1.82, 2.24) is 9.97 Å². The Labute approximate surface area is 164 Å². The van der Waals surface area contributed by atoms with E-state index in [4.69, 9.17) is 4.74 Å². The van der Waals surface area contributed by atoms with Gasteiger partial charge in [-0.3, -0.25) is 0 Å². The molecule has 3 aromatic carbocycles. The highest BCUT2D eigenvalue weighted by Gasteiger charge is 2.17. The molecule has 0 saturated heterocycles. The van der Waals surface area contributed by atoms with Crippen LogP contribution in [0.5, 0.6) is 5.75 Å². The summed E-state index contributed by atoms with van der Waals surface area (Å²) >= 11 is 0. The second-order valence-electron chi connectivity index (χ2n) is 8.42. The fourth-order valence-electron chi connectivity index (χ4n) is 4.31. The standard InChI is InChI=1S/C25H26N2O/c1-13(2)15-6-8-21-17(10-15)19-12-20-18-11-16(14(3)4)7-9-22(18)27-24(20)25(28-5)23(19)26-21/h6-14,26-27H,1-5H3. The van der Waals surface area contributed by atoms with Crippen LogP contribution < -0.4 is 4.74 Å². The highest BCUT2D eigenvalue weighted by molar-refractivity contribution is 6.20. The zero-order valence-electron chi connectivity index (χ0n) is 17.1. The summed E-state index contributed by atoms with van der Waals surface area (Å²) in [7, 11) is 1.75. The van der Waals surface area contributed by atoms with Gasteiger partial charge in [-0.1, -0.05) is 39.8 Å². The van der Waals surface area contributed by atoms with Crippen molar-refractivity contribution in [2.24, 2.45) is 0 Å². The fraction of sp³-hybridized carbons (Fsp3) is 0.280. The van der Waals surface area contributed by atoms with E-state index in [0.717, 1.165) is 27.8 Å². The number of rotatable bonds is 3. The third kappa shape index (κ3) is 2.35. The minimum absolute atomic E-state index is 0.502. The first kappa shape index (κ1) is 17.2. The maximum absolute atomic E-state index is 5.89. The molecule has 0 bridgehead atoms. The lowest BCUT2D eigenvalue weighted by Crippen LogP contribution is -1.87. The van der Waals surface area contributed by atoms with Crippen molar-refractivity contribution in [2.75, 3.05) is 7.11 Å². The van der Waals surface area contributed by atoms with Crippen LogP contribution in [0.15, 0.2) is 42.5 Å². The minimum Gasteiger partial charge on any atom is -0.492 e. The molecule has 0 spiro atoms. The molecule has 3 heteroatoms. The van der Waals surface area contributed by atoms with Crippen LogP contribution in [0.2, 0.25) is 0 Å². The summed E-state index contributed by atoms with van der Waals surface area (Å²) in [6.45, 7) is 8.95. The van der Waals surface area contributed by atoms with Gasteiger partial charge in [0.05, 0.1) is 18.1 Å². The Morgan fingerprint density at radius 1 is 0.643 bits per heavy atom. The molecule has 3 nitrogen and oxygen atoms in total. The molecule has 0 aliphatic carbocycles. The number of hydrogen-bond acceptors (Lipinski definition) is 1. The minimum atomic E-state index is 0.502. The first-order valence-corrected chi connectivity index (χ1v) is 10.1. The van der Waals surface area contributed by atoms with Crippen LogP contribution in [0.25, 0.3) is 43.6 Å². The number of aromatic amines is 2. The zero-order chi connectivity index (χ0) is 19.6. The van der Waals surface area contributed by atoms with Gasteiger partial charge < -0.3 is 14.7 Å². The quantitative estimate of drug-likeness (QED) is 0.346. The van der Waals surface area contributed by atoms with Gasteiger partial charge in [0.2, 0.25) is 0 Å². The second-order valence-corrected chi connectivity index (χ2v) is 8.42. The van der Waals surface area contributed by atoms with Gasteiger partial charge in [0.1, 0.15) is 0 Å². The van der Waals surface area contributed by atoms with Crippen LogP contribution in [0, 0.1) is 0 Å². The van der Waals surface area contributed by atoms with Crippen molar-refractivity contribution in [3.63, 3.8) is 0 Å². The van der Waals surface area contributed by atoms with Crippen LogP contribution in [0.3, 0.4) is 0 Å². The molecule has 0 fully saturated rings. The normalized spacial score (nSPS) is 12.4. The van der Waals surface area contributed by atoms with E-state index in [1.165, 1.54) is 32.7 Å². The van der Waals surface area contributed by atoms with Crippen molar-refractivity contribution in [3.8, 4) is 5.75 Å². The molecule has 2 N–H and O–H groups in total. The van der Waals surface area contributed by atoms with Gasteiger partial charge in [-0.05, 0) is 53.3 Å². The molecule has 0 aliphatic rings. The SMILES string of the molecule is COc1c2[nH]c3ccc(C(C)C)cc3c2cc2c1[nH]c1ccc(C(C)C)cc12. The van der Waals surface area contributed by atoms with E-state index in [9.17, 15) is 0 Å². The number of fused-ring (bicyclic) bond motifs is 6. The lowest BCUT2D eigenvalue weighted by atomic mass is 9.99. The Bertz CT molecular complexity index is 1250. The molecule has 0 aliphatic heterocycles. The van der Waals surface area contributed by atoms with E-state index in [1.54, 1.807) is 7.11 Å². The average Bonchev–Trinajstić information content (AvgIpc) is 3.23. The largest absolute Gasteiger partial charge is 0.492 e. The van der Waals surface area contributed by atoms with Crippen molar-refractivity contribution in [3.05, 3.63) is 53.6 Å². The Morgan fingerprint density at radius 2 is 1.11 bits per heavy atom. The molecule has 2 aromatic heterocycles. The number of hydrogen-bond donors (Lipinski definition) is 2. The lowest BCUT2D eigenvalue weighted by Gasteiger charge is -2.06. The molecule has 2 heterocycles. The smallest absolute Gasteiger partial charge is 0.166 e. The maximum atomic E-state index is 5.89. The molecule has 28 heavy (non-hydrogen) atoms. The second kappa shape index (κ2) is 6.03. The predicted octanol–water partition coefficient (Wildman–Crippen LogP) is 7.21. The molecule has 5 aromatic rings. The molecule has 0 unspecified atom stereocenters. The molecule has 0 radical (unpaired) electrons. The molecular formula is C25H26N2O. The van der Waals surface area contributed by atoms with Crippen molar-refractivity contribution in [2.45, 2.75) is 39.5 Å². The van der Waals surface area contributed by atoms with Crippen LogP contribution in [-0.2, 0) is 0 Å². The molecule has 0 atom stereocenters. The topological polar surface area (TPSA) is 40.8 Å². The van der Waals surface area contributed by atoms with E-state index < -0.39 is 0 Å². The molecule has 142 valence electrons. The summed E-state index contributed by atoms with van der Waals surface area (Å²) < 4.78 is 5.89. The molecule has 5 rings (SSSR count). The van der Waals surface area contributed by atoms with E-state index in [1.807, 2.05) is 0 Å². The van der Waals surface area contributed by atoms with E-state index in [-0.39, 0.29) is 0 Å². The summed E-state index contributed by atoms with van der Waals surface area (Å²) in [6.07, 6.45) is 0. The highest BCUT2D eigenvalue weighted by atomic mass is 16.5. The Morgan fingerprint density at radius 3 is 1.50 bits per heavy atom. The Balaban J connectivity index is 1.93. The van der Waals surface area contributed by atoms with E-state index in [2.05, 4.69) is 80.1 Å². The van der Waals surface area contributed by atoms with Gasteiger partial charge in [-0.2, -0.15) is 0 Å². The number of ether oxygens (including phenoxy) is 1. The third-order valence-corrected chi connectivity index (χ3v) is 6.01. The van der Waals surface area contributed by atoms with Crippen molar-refractivity contribution >= 4 is 43.6 Å². The highest BCUT2D eigenvalue weighted by Crippen LogP contribution is 2.41. The van der Waals surface area contributed by atoms with Crippen molar-refractivity contribution in [1.29, 1.82) is 0 Å². The van der Waals surface area contributed by atoms with Gasteiger partial charge in [-0.15, -0.1) is 0 Å². The van der Waals surface area contributed by atoms with Crippen LogP contribution >= 0.6 is 0 Å². The lowest BCUT2D eigenvalue weighted by molar-refractivity contribution is 0.423. The number of aromatic nitrogens is 2. The average molecular weight is 370 g/mol.